The Morgan fingerprint density at radius 2 is 1.96 bits per heavy atom. The van der Waals surface area contributed by atoms with Crippen LogP contribution < -0.4 is 9.64 Å². The van der Waals surface area contributed by atoms with Gasteiger partial charge in [0.05, 0.1) is 33.6 Å². The van der Waals surface area contributed by atoms with Gasteiger partial charge in [-0.25, -0.2) is 4.98 Å². The van der Waals surface area contributed by atoms with E-state index in [0.717, 1.165) is 28.9 Å². The van der Waals surface area contributed by atoms with Gasteiger partial charge in [-0.3, -0.25) is 0 Å². The molecule has 1 aromatic heterocycles. The van der Waals surface area contributed by atoms with Crippen molar-refractivity contribution in [2.24, 2.45) is 0 Å². The average molecular weight is 409 g/mol. The Morgan fingerprint density at radius 3 is 2.59 bits per heavy atom. The van der Waals surface area contributed by atoms with Gasteiger partial charge in [-0.1, -0.05) is 42.3 Å². The zero-order chi connectivity index (χ0) is 19.6. The number of aliphatic hydroxyl groups is 2. The van der Waals surface area contributed by atoms with E-state index in [1.807, 2.05) is 30.4 Å². The summed E-state index contributed by atoms with van der Waals surface area (Å²) in [6, 6.07) is 5.47. The average Bonchev–Trinajstić information content (AvgIpc) is 2.66. The molecule has 27 heavy (non-hydrogen) atoms. The number of hydrogen-bond acceptors (Lipinski definition) is 5. The molecule has 0 aliphatic carbocycles. The van der Waals surface area contributed by atoms with Gasteiger partial charge in [-0.2, -0.15) is 0 Å². The number of aryl methyl sites for hydroxylation is 1. The Kier molecular flexibility index (Phi) is 6.27. The quantitative estimate of drug-likeness (QED) is 0.748. The second kappa shape index (κ2) is 8.48. The van der Waals surface area contributed by atoms with E-state index < -0.39 is 6.10 Å². The summed E-state index contributed by atoms with van der Waals surface area (Å²) in [5, 5.41) is 19.7. The molecule has 2 aromatic rings. The lowest BCUT2D eigenvalue weighted by atomic mass is 9.99. The Hall–Kier alpha value is -1.79. The van der Waals surface area contributed by atoms with Gasteiger partial charge in [0.2, 0.25) is 5.88 Å². The summed E-state index contributed by atoms with van der Waals surface area (Å²) in [7, 11) is 0. The summed E-state index contributed by atoms with van der Waals surface area (Å²) in [5.41, 5.74) is 3.51. The van der Waals surface area contributed by atoms with Gasteiger partial charge in [-0.15, -0.1) is 0 Å². The SMILES string of the molecule is CCc1cnc(OCC(O)CO)c2c1N(c1c(Cl)cccc1Cl)C(C)C=C2. The first kappa shape index (κ1) is 20.0. The number of rotatable bonds is 6. The third-order valence-electron chi connectivity index (χ3n) is 4.50. The first-order chi connectivity index (χ1) is 13.0. The third kappa shape index (κ3) is 3.92. The Labute approximate surface area is 168 Å². The van der Waals surface area contributed by atoms with E-state index in [-0.39, 0.29) is 19.3 Å². The molecule has 0 saturated heterocycles. The Morgan fingerprint density at radius 1 is 1.26 bits per heavy atom. The summed E-state index contributed by atoms with van der Waals surface area (Å²) in [6.45, 7) is 3.71. The van der Waals surface area contributed by atoms with Crippen molar-refractivity contribution in [2.75, 3.05) is 18.1 Å². The third-order valence-corrected chi connectivity index (χ3v) is 5.11. The number of nitrogens with zero attached hydrogens (tertiary/aromatic N) is 2. The summed E-state index contributed by atoms with van der Waals surface area (Å²) in [6.07, 6.45) is 5.57. The second-order valence-electron chi connectivity index (χ2n) is 6.39. The fourth-order valence-corrected chi connectivity index (χ4v) is 3.72. The fourth-order valence-electron chi connectivity index (χ4n) is 3.14. The molecule has 0 spiro atoms. The van der Waals surface area contributed by atoms with Crippen LogP contribution in [0.3, 0.4) is 0 Å². The summed E-state index contributed by atoms with van der Waals surface area (Å²) < 4.78 is 5.67. The molecule has 0 fully saturated rings. The maximum atomic E-state index is 9.60. The van der Waals surface area contributed by atoms with Crippen LogP contribution in [0.2, 0.25) is 10.0 Å². The number of aliphatic hydroxyl groups excluding tert-OH is 2. The van der Waals surface area contributed by atoms with Crippen LogP contribution in [0, 0.1) is 0 Å². The number of para-hydroxylation sites is 1. The number of fused-ring (bicyclic) bond motifs is 1. The van der Waals surface area contributed by atoms with Crippen LogP contribution in [0.4, 0.5) is 11.4 Å². The molecule has 2 unspecified atom stereocenters. The summed E-state index contributed by atoms with van der Waals surface area (Å²) >= 11 is 13.0. The first-order valence-electron chi connectivity index (χ1n) is 8.82. The zero-order valence-electron chi connectivity index (χ0n) is 15.2. The molecular formula is C20H22Cl2N2O3. The number of aromatic nitrogens is 1. The first-order valence-corrected chi connectivity index (χ1v) is 9.58. The normalized spacial score (nSPS) is 17.0. The van der Waals surface area contributed by atoms with Crippen molar-refractivity contribution >= 4 is 40.7 Å². The number of halogens is 2. The molecular weight excluding hydrogens is 387 g/mol. The van der Waals surface area contributed by atoms with Gasteiger partial charge in [0, 0.05) is 12.2 Å². The van der Waals surface area contributed by atoms with Gasteiger partial charge >= 0.3 is 0 Å². The zero-order valence-corrected chi connectivity index (χ0v) is 16.7. The molecule has 0 bridgehead atoms. The monoisotopic (exact) mass is 408 g/mol. The standard InChI is InChI=1S/C20H22Cl2N2O3/c1-3-13-9-23-20(27-11-14(26)10-25)15-8-7-12(2)24(18(13)15)19-16(21)5-4-6-17(19)22/h4-9,12,14,25-26H,3,10-11H2,1-2H3. The highest BCUT2D eigenvalue weighted by Crippen LogP contribution is 2.46. The second-order valence-corrected chi connectivity index (χ2v) is 7.21. The van der Waals surface area contributed by atoms with Gasteiger partial charge in [-0.05, 0) is 37.1 Å². The summed E-state index contributed by atoms with van der Waals surface area (Å²) in [5.74, 6) is 0.394. The molecule has 1 aliphatic rings. The van der Waals surface area contributed by atoms with Crippen LogP contribution in [-0.2, 0) is 6.42 Å². The maximum Gasteiger partial charge on any atom is 0.222 e. The maximum absolute atomic E-state index is 9.60. The topological polar surface area (TPSA) is 65.8 Å². The number of ether oxygens (including phenoxy) is 1. The lowest BCUT2D eigenvalue weighted by Gasteiger charge is -2.36. The van der Waals surface area contributed by atoms with Crippen LogP contribution >= 0.6 is 23.2 Å². The highest BCUT2D eigenvalue weighted by atomic mass is 35.5. The highest BCUT2D eigenvalue weighted by molar-refractivity contribution is 6.39. The fraction of sp³-hybridized carbons (Fsp3) is 0.350. The van der Waals surface area contributed by atoms with Gasteiger partial charge < -0.3 is 19.8 Å². The van der Waals surface area contributed by atoms with Gasteiger partial charge in [0.25, 0.3) is 0 Å². The van der Waals surface area contributed by atoms with E-state index in [0.29, 0.717) is 15.9 Å². The molecule has 3 rings (SSSR count). The predicted octanol–water partition coefficient (Wildman–Crippen LogP) is 4.24. The van der Waals surface area contributed by atoms with Gasteiger partial charge in [0.1, 0.15) is 12.7 Å². The highest BCUT2D eigenvalue weighted by Gasteiger charge is 2.29. The lowest BCUT2D eigenvalue weighted by Crippen LogP contribution is -2.31. The molecule has 0 saturated carbocycles. The minimum absolute atomic E-state index is 0.0264. The smallest absolute Gasteiger partial charge is 0.222 e. The van der Waals surface area contributed by atoms with E-state index in [4.69, 9.17) is 33.0 Å². The predicted molar refractivity (Wildman–Crippen MR) is 109 cm³/mol. The van der Waals surface area contributed by atoms with Crippen LogP contribution in [0.15, 0.2) is 30.5 Å². The van der Waals surface area contributed by atoms with E-state index in [9.17, 15) is 5.11 Å². The molecule has 0 amide bonds. The van der Waals surface area contributed by atoms with Crippen LogP contribution in [0.1, 0.15) is 25.0 Å². The van der Waals surface area contributed by atoms with Crippen molar-refractivity contribution in [2.45, 2.75) is 32.4 Å². The van der Waals surface area contributed by atoms with E-state index >= 15 is 0 Å². The molecule has 1 aliphatic heterocycles. The van der Waals surface area contributed by atoms with Crippen molar-refractivity contribution in [3.05, 3.63) is 51.6 Å². The van der Waals surface area contributed by atoms with Crippen LogP contribution in [0.5, 0.6) is 5.88 Å². The van der Waals surface area contributed by atoms with Gasteiger partial charge in [0.15, 0.2) is 0 Å². The number of benzene rings is 1. The van der Waals surface area contributed by atoms with Crippen molar-refractivity contribution in [1.29, 1.82) is 0 Å². The number of pyridine rings is 1. The largest absolute Gasteiger partial charge is 0.474 e. The number of anilines is 2. The van der Waals surface area contributed by atoms with Crippen molar-refractivity contribution in [3.63, 3.8) is 0 Å². The van der Waals surface area contributed by atoms with Crippen LogP contribution in [0.25, 0.3) is 6.08 Å². The minimum atomic E-state index is -0.964. The molecule has 5 nitrogen and oxygen atoms in total. The molecule has 144 valence electrons. The lowest BCUT2D eigenvalue weighted by molar-refractivity contribution is 0.0520. The van der Waals surface area contributed by atoms with E-state index in [1.165, 1.54) is 0 Å². The van der Waals surface area contributed by atoms with Crippen molar-refractivity contribution in [3.8, 4) is 5.88 Å². The molecule has 2 N–H and O–H groups in total. The Balaban J connectivity index is 2.15. The summed E-state index contributed by atoms with van der Waals surface area (Å²) in [4.78, 5) is 6.50. The molecule has 1 aromatic carbocycles. The van der Waals surface area contributed by atoms with Crippen molar-refractivity contribution < 1.29 is 14.9 Å². The van der Waals surface area contributed by atoms with Crippen molar-refractivity contribution in [1.82, 2.24) is 4.98 Å². The number of hydrogen-bond donors (Lipinski definition) is 2. The Bertz CT molecular complexity index is 837. The van der Waals surface area contributed by atoms with E-state index in [2.05, 4.69) is 23.7 Å². The molecule has 2 atom stereocenters. The minimum Gasteiger partial charge on any atom is -0.474 e. The van der Waals surface area contributed by atoms with E-state index in [1.54, 1.807) is 6.20 Å². The molecule has 2 heterocycles. The van der Waals surface area contributed by atoms with Crippen LogP contribution in [-0.4, -0.2) is 40.6 Å². The molecule has 7 heteroatoms. The molecule has 0 radical (unpaired) electrons.